The Morgan fingerprint density at radius 2 is 2.20 bits per heavy atom. The van der Waals surface area contributed by atoms with Crippen molar-refractivity contribution in [2.45, 2.75) is 26.4 Å². The quantitative estimate of drug-likeness (QED) is 0.729. The third kappa shape index (κ3) is 3.91. The number of methoxy groups -OCH3 is 1. The van der Waals surface area contributed by atoms with Crippen molar-refractivity contribution < 1.29 is 4.74 Å². The summed E-state index contributed by atoms with van der Waals surface area (Å²) in [5, 5.41) is 7.55. The van der Waals surface area contributed by atoms with Crippen LogP contribution in [0.1, 0.15) is 17.1 Å². The molecule has 0 aromatic carbocycles. The minimum absolute atomic E-state index is 0.725. The normalized spacial score (nSPS) is 11.2. The maximum absolute atomic E-state index is 5.03. The second-order valence-electron chi connectivity index (χ2n) is 4.89. The summed E-state index contributed by atoms with van der Waals surface area (Å²) in [6.45, 7) is 5.37. The number of hydrogen-bond acceptors (Lipinski definition) is 4. The molecule has 0 fully saturated rings. The van der Waals surface area contributed by atoms with Crippen LogP contribution in [0.25, 0.3) is 0 Å². The van der Waals surface area contributed by atoms with Crippen LogP contribution in [-0.2, 0) is 31.3 Å². The van der Waals surface area contributed by atoms with Crippen molar-refractivity contribution in [3.63, 3.8) is 0 Å². The van der Waals surface area contributed by atoms with E-state index in [9.17, 15) is 0 Å². The Morgan fingerprint density at radius 1 is 1.35 bits per heavy atom. The van der Waals surface area contributed by atoms with Crippen LogP contribution in [0.3, 0.4) is 0 Å². The molecule has 0 saturated heterocycles. The van der Waals surface area contributed by atoms with E-state index in [1.807, 2.05) is 31.0 Å². The number of aryl methyl sites for hydroxylation is 3. The van der Waals surface area contributed by atoms with Crippen LogP contribution in [-0.4, -0.2) is 39.6 Å². The number of rotatable bonds is 8. The lowest BCUT2D eigenvalue weighted by molar-refractivity contribution is 0.199. The summed E-state index contributed by atoms with van der Waals surface area (Å²) in [7, 11) is 3.65. The lowest BCUT2D eigenvalue weighted by atomic mass is 10.2. The average molecular weight is 277 g/mol. The first-order chi connectivity index (χ1) is 9.70. The molecule has 20 heavy (non-hydrogen) atoms. The fraction of sp³-hybridized carbons (Fsp3) is 0.571. The predicted molar refractivity (Wildman–Crippen MR) is 77.5 cm³/mol. The van der Waals surface area contributed by atoms with E-state index in [4.69, 9.17) is 4.74 Å². The van der Waals surface area contributed by atoms with Crippen LogP contribution in [0.5, 0.6) is 0 Å². The number of nitrogens with one attached hydrogen (secondary N) is 1. The van der Waals surface area contributed by atoms with E-state index in [2.05, 4.69) is 26.2 Å². The van der Waals surface area contributed by atoms with Gasteiger partial charge in [0.2, 0.25) is 0 Å². The van der Waals surface area contributed by atoms with E-state index >= 15 is 0 Å². The minimum Gasteiger partial charge on any atom is -0.383 e. The summed E-state index contributed by atoms with van der Waals surface area (Å²) in [6.07, 6.45) is 6.89. The van der Waals surface area contributed by atoms with Crippen LogP contribution < -0.4 is 5.32 Å². The standard InChI is InChI=1S/C14H23N5O/c1-12-16-10-14(9-15-5-7-20-3)19(12)6-4-13-8-17-18(2)11-13/h8,10-11,15H,4-7,9H2,1-3H3. The molecular weight excluding hydrogens is 254 g/mol. The van der Waals surface area contributed by atoms with E-state index in [-0.39, 0.29) is 0 Å². The molecular formula is C14H23N5O. The van der Waals surface area contributed by atoms with Crippen LogP contribution >= 0.6 is 0 Å². The molecule has 0 saturated carbocycles. The second kappa shape index (κ2) is 7.21. The molecule has 2 rings (SSSR count). The summed E-state index contributed by atoms with van der Waals surface area (Å²) < 4.78 is 9.12. The minimum atomic E-state index is 0.725. The smallest absolute Gasteiger partial charge is 0.105 e. The van der Waals surface area contributed by atoms with Gasteiger partial charge in [-0.15, -0.1) is 0 Å². The topological polar surface area (TPSA) is 56.9 Å². The highest BCUT2D eigenvalue weighted by molar-refractivity contribution is 5.08. The van der Waals surface area contributed by atoms with Gasteiger partial charge in [0.25, 0.3) is 0 Å². The van der Waals surface area contributed by atoms with Crippen molar-refractivity contribution in [2.24, 2.45) is 7.05 Å². The van der Waals surface area contributed by atoms with Gasteiger partial charge in [-0.2, -0.15) is 5.10 Å². The van der Waals surface area contributed by atoms with Crippen LogP contribution in [0.2, 0.25) is 0 Å². The molecule has 6 nitrogen and oxygen atoms in total. The zero-order valence-corrected chi connectivity index (χ0v) is 12.5. The SMILES string of the molecule is COCCNCc1cnc(C)n1CCc1cnn(C)c1. The van der Waals surface area contributed by atoms with E-state index in [0.717, 1.165) is 38.5 Å². The van der Waals surface area contributed by atoms with Crippen molar-refractivity contribution in [3.05, 3.63) is 35.7 Å². The molecule has 0 aliphatic carbocycles. The van der Waals surface area contributed by atoms with Gasteiger partial charge in [-0.1, -0.05) is 0 Å². The third-order valence-electron chi connectivity index (χ3n) is 3.31. The van der Waals surface area contributed by atoms with E-state index in [0.29, 0.717) is 0 Å². The fourth-order valence-corrected chi connectivity index (χ4v) is 2.19. The zero-order valence-electron chi connectivity index (χ0n) is 12.5. The van der Waals surface area contributed by atoms with Crippen LogP contribution in [0.4, 0.5) is 0 Å². The van der Waals surface area contributed by atoms with Gasteiger partial charge in [-0.05, 0) is 18.9 Å². The Hall–Kier alpha value is -1.66. The molecule has 2 aromatic heterocycles. The van der Waals surface area contributed by atoms with Crippen molar-refractivity contribution in [1.82, 2.24) is 24.6 Å². The second-order valence-corrected chi connectivity index (χ2v) is 4.89. The van der Waals surface area contributed by atoms with Gasteiger partial charge in [0, 0.05) is 46.2 Å². The van der Waals surface area contributed by atoms with Gasteiger partial charge in [-0.3, -0.25) is 4.68 Å². The molecule has 6 heteroatoms. The van der Waals surface area contributed by atoms with Crippen LogP contribution in [0.15, 0.2) is 18.6 Å². The summed E-state index contributed by atoms with van der Waals surface area (Å²) in [5.41, 5.74) is 2.46. The molecule has 0 bridgehead atoms. The molecule has 0 amide bonds. The third-order valence-corrected chi connectivity index (χ3v) is 3.31. The highest BCUT2D eigenvalue weighted by Crippen LogP contribution is 2.08. The molecule has 0 aliphatic rings. The first-order valence-corrected chi connectivity index (χ1v) is 6.89. The molecule has 2 aromatic rings. The predicted octanol–water partition coefficient (Wildman–Crippen LogP) is 0.904. The van der Waals surface area contributed by atoms with Gasteiger partial charge >= 0.3 is 0 Å². The van der Waals surface area contributed by atoms with Crippen molar-refractivity contribution in [1.29, 1.82) is 0 Å². The molecule has 110 valence electrons. The monoisotopic (exact) mass is 277 g/mol. The number of aromatic nitrogens is 4. The Morgan fingerprint density at radius 3 is 2.90 bits per heavy atom. The first-order valence-electron chi connectivity index (χ1n) is 6.89. The zero-order chi connectivity index (χ0) is 14.4. The number of ether oxygens (including phenoxy) is 1. The maximum atomic E-state index is 5.03. The van der Waals surface area contributed by atoms with Gasteiger partial charge in [0.1, 0.15) is 5.82 Å². The van der Waals surface area contributed by atoms with E-state index in [1.54, 1.807) is 7.11 Å². The Bertz CT molecular complexity index is 531. The van der Waals surface area contributed by atoms with Crippen molar-refractivity contribution >= 4 is 0 Å². The van der Waals surface area contributed by atoms with E-state index in [1.165, 1.54) is 11.3 Å². The summed E-state index contributed by atoms with van der Waals surface area (Å²) in [5.74, 6) is 1.05. The lowest BCUT2D eigenvalue weighted by Crippen LogP contribution is -2.21. The summed E-state index contributed by atoms with van der Waals surface area (Å²) >= 11 is 0. The van der Waals surface area contributed by atoms with Gasteiger partial charge in [-0.25, -0.2) is 4.98 Å². The highest BCUT2D eigenvalue weighted by Gasteiger charge is 2.07. The molecule has 0 spiro atoms. The Kier molecular flexibility index (Phi) is 5.31. The summed E-state index contributed by atoms with van der Waals surface area (Å²) in [6, 6.07) is 0. The number of nitrogens with zero attached hydrogens (tertiary/aromatic N) is 4. The molecule has 2 heterocycles. The van der Waals surface area contributed by atoms with E-state index < -0.39 is 0 Å². The van der Waals surface area contributed by atoms with Crippen LogP contribution in [0, 0.1) is 6.92 Å². The lowest BCUT2D eigenvalue weighted by Gasteiger charge is -2.10. The Balaban J connectivity index is 1.91. The number of imidazole rings is 1. The molecule has 0 aliphatic heterocycles. The molecule has 0 unspecified atom stereocenters. The van der Waals surface area contributed by atoms with Gasteiger partial charge in [0.05, 0.1) is 18.5 Å². The van der Waals surface area contributed by atoms with Gasteiger partial charge < -0.3 is 14.6 Å². The van der Waals surface area contributed by atoms with Gasteiger partial charge in [0.15, 0.2) is 0 Å². The summed E-state index contributed by atoms with van der Waals surface area (Å²) in [4.78, 5) is 4.40. The highest BCUT2D eigenvalue weighted by atomic mass is 16.5. The van der Waals surface area contributed by atoms with Crippen molar-refractivity contribution in [2.75, 3.05) is 20.3 Å². The average Bonchev–Trinajstić information content (AvgIpc) is 2.99. The molecule has 1 N–H and O–H groups in total. The fourth-order valence-electron chi connectivity index (χ4n) is 2.19. The maximum Gasteiger partial charge on any atom is 0.105 e. The molecule has 0 atom stereocenters. The van der Waals surface area contributed by atoms with Crippen molar-refractivity contribution in [3.8, 4) is 0 Å². The number of hydrogen-bond donors (Lipinski definition) is 1. The Labute approximate surface area is 119 Å². The largest absolute Gasteiger partial charge is 0.383 e. The first kappa shape index (κ1) is 14.7. The molecule has 0 radical (unpaired) electrons.